The van der Waals surface area contributed by atoms with Crippen molar-refractivity contribution >= 4 is 17.3 Å². The third-order valence-corrected chi connectivity index (χ3v) is 2.21. The summed E-state index contributed by atoms with van der Waals surface area (Å²) in [4.78, 5) is 0. The van der Waals surface area contributed by atoms with Gasteiger partial charge >= 0.3 is 0 Å². The summed E-state index contributed by atoms with van der Waals surface area (Å²) < 4.78 is 4.94. The van der Waals surface area contributed by atoms with Crippen molar-refractivity contribution in [1.29, 1.82) is 0 Å². The molecule has 0 aliphatic carbocycles. The summed E-state index contributed by atoms with van der Waals surface area (Å²) in [5.41, 5.74) is 0.868. The van der Waals surface area contributed by atoms with Gasteiger partial charge in [0.2, 0.25) is 0 Å². The van der Waals surface area contributed by atoms with Crippen LogP contribution in [0.5, 0.6) is 0 Å². The number of thiocarbonyl (C=S) groups is 1. The zero-order chi connectivity index (χ0) is 11.1. The van der Waals surface area contributed by atoms with E-state index in [0.29, 0.717) is 11.7 Å². The SMILES string of the molecule is CCCCNC(=S)NCc1cc(C)on1. The van der Waals surface area contributed by atoms with E-state index in [1.54, 1.807) is 0 Å². The minimum Gasteiger partial charge on any atom is -0.363 e. The number of nitrogens with one attached hydrogen (secondary N) is 2. The van der Waals surface area contributed by atoms with Crippen molar-refractivity contribution in [2.75, 3.05) is 6.54 Å². The molecular formula is C10H17N3OS. The number of rotatable bonds is 5. The maximum atomic E-state index is 5.09. The molecule has 1 rings (SSSR count). The molecule has 0 unspecified atom stereocenters. The summed E-state index contributed by atoms with van der Waals surface area (Å²) in [7, 11) is 0. The number of hydrogen-bond donors (Lipinski definition) is 2. The molecule has 1 aromatic heterocycles. The molecule has 0 spiro atoms. The van der Waals surface area contributed by atoms with Crippen molar-refractivity contribution in [2.45, 2.75) is 33.2 Å². The average molecular weight is 227 g/mol. The zero-order valence-electron chi connectivity index (χ0n) is 9.17. The van der Waals surface area contributed by atoms with Crippen LogP contribution in [0.25, 0.3) is 0 Å². The van der Waals surface area contributed by atoms with E-state index in [4.69, 9.17) is 16.7 Å². The molecule has 0 amide bonds. The van der Waals surface area contributed by atoms with Crippen molar-refractivity contribution in [1.82, 2.24) is 15.8 Å². The molecule has 0 atom stereocenters. The Balaban J connectivity index is 2.16. The Bertz CT molecular complexity index is 311. The zero-order valence-corrected chi connectivity index (χ0v) is 9.99. The molecule has 0 aromatic carbocycles. The molecule has 0 aliphatic heterocycles. The molecule has 0 saturated carbocycles. The molecule has 84 valence electrons. The molecule has 0 saturated heterocycles. The lowest BCUT2D eigenvalue weighted by Crippen LogP contribution is -2.35. The van der Waals surface area contributed by atoms with E-state index in [2.05, 4.69) is 22.7 Å². The molecule has 15 heavy (non-hydrogen) atoms. The number of nitrogens with zero attached hydrogens (tertiary/aromatic N) is 1. The van der Waals surface area contributed by atoms with Crippen LogP contribution in [0.15, 0.2) is 10.6 Å². The van der Waals surface area contributed by atoms with Gasteiger partial charge in [-0.3, -0.25) is 0 Å². The number of aryl methyl sites for hydroxylation is 1. The first-order valence-electron chi connectivity index (χ1n) is 5.16. The molecule has 0 fully saturated rings. The summed E-state index contributed by atoms with van der Waals surface area (Å²) >= 11 is 5.09. The van der Waals surface area contributed by atoms with E-state index in [1.165, 1.54) is 0 Å². The van der Waals surface area contributed by atoms with Gasteiger partial charge in [-0.05, 0) is 25.6 Å². The van der Waals surface area contributed by atoms with Crippen molar-refractivity contribution in [2.24, 2.45) is 0 Å². The Labute approximate surface area is 95.4 Å². The summed E-state index contributed by atoms with van der Waals surface area (Å²) in [6, 6.07) is 1.89. The Kier molecular flexibility index (Phi) is 5.10. The molecule has 4 nitrogen and oxygen atoms in total. The van der Waals surface area contributed by atoms with E-state index in [0.717, 1.165) is 30.8 Å². The maximum absolute atomic E-state index is 5.09. The van der Waals surface area contributed by atoms with Gasteiger partial charge in [0.15, 0.2) is 5.11 Å². The van der Waals surface area contributed by atoms with Crippen LogP contribution < -0.4 is 10.6 Å². The van der Waals surface area contributed by atoms with Gasteiger partial charge in [-0.15, -0.1) is 0 Å². The molecule has 1 heterocycles. The second-order valence-electron chi connectivity index (χ2n) is 3.39. The largest absolute Gasteiger partial charge is 0.363 e. The fourth-order valence-electron chi connectivity index (χ4n) is 1.11. The van der Waals surface area contributed by atoms with Gasteiger partial charge < -0.3 is 15.2 Å². The van der Waals surface area contributed by atoms with Crippen molar-refractivity contribution in [3.05, 3.63) is 17.5 Å². The van der Waals surface area contributed by atoms with Crippen LogP contribution in [0.1, 0.15) is 31.2 Å². The molecule has 0 radical (unpaired) electrons. The molecule has 0 aliphatic rings. The molecule has 5 heteroatoms. The second kappa shape index (κ2) is 6.40. The standard InChI is InChI=1S/C10H17N3OS/c1-3-4-5-11-10(15)12-7-9-6-8(2)14-13-9/h6H,3-5,7H2,1-2H3,(H2,11,12,15). The Hall–Kier alpha value is -1.10. The van der Waals surface area contributed by atoms with Crippen molar-refractivity contribution in [3.63, 3.8) is 0 Å². The number of aromatic nitrogens is 1. The van der Waals surface area contributed by atoms with E-state index < -0.39 is 0 Å². The lowest BCUT2D eigenvalue weighted by atomic mass is 10.3. The molecule has 1 aromatic rings. The van der Waals surface area contributed by atoms with Crippen LogP contribution in [-0.4, -0.2) is 16.8 Å². The second-order valence-corrected chi connectivity index (χ2v) is 3.80. The van der Waals surface area contributed by atoms with Gasteiger partial charge in [0.1, 0.15) is 11.5 Å². The van der Waals surface area contributed by atoms with Gasteiger partial charge in [-0.2, -0.15) is 0 Å². The summed E-state index contributed by atoms with van der Waals surface area (Å²) in [5, 5.41) is 10.7. The average Bonchev–Trinajstić information content (AvgIpc) is 2.62. The van der Waals surface area contributed by atoms with E-state index in [9.17, 15) is 0 Å². The van der Waals surface area contributed by atoms with Gasteiger partial charge in [-0.1, -0.05) is 18.5 Å². The van der Waals surface area contributed by atoms with Crippen LogP contribution in [0.4, 0.5) is 0 Å². The Morgan fingerprint density at radius 3 is 2.93 bits per heavy atom. The highest BCUT2D eigenvalue weighted by atomic mass is 32.1. The summed E-state index contributed by atoms with van der Waals surface area (Å²) in [6.07, 6.45) is 2.29. The third-order valence-electron chi connectivity index (χ3n) is 1.92. The smallest absolute Gasteiger partial charge is 0.166 e. The number of unbranched alkanes of at least 4 members (excludes halogenated alkanes) is 1. The van der Waals surface area contributed by atoms with Crippen LogP contribution in [0.3, 0.4) is 0 Å². The number of hydrogen-bond acceptors (Lipinski definition) is 3. The summed E-state index contributed by atoms with van der Waals surface area (Å²) in [6.45, 7) is 5.54. The Morgan fingerprint density at radius 1 is 1.53 bits per heavy atom. The lowest BCUT2D eigenvalue weighted by Gasteiger charge is -2.07. The quantitative estimate of drug-likeness (QED) is 0.593. The highest BCUT2D eigenvalue weighted by molar-refractivity contribution is 7.80. The van der Waals surface area contributed by atoms with Crippen molar-refractivity contribution < 1.29 is 4.52 Å². The van der Waals surface area contributed by atoms with Gasteiger partial charge in [0, 0.05) is 12.6 Å². The van der Waals surface area contributed by atoms with Crippen LogP contribution in [0, 0.1) is 6.92 Å². The Morgan fingerprint density at radius 2 is 2.33 bits per heavy atom. The van der Waals surface area contributed by atoms with E-state index in [-0.39, 0.29) is 0 Å². The first-order valence-corrected chi connectivity index (χ1v) is 5.57. The lowest BCUT2D eigenvalue weighted by molar-refractivity contribution is 0.390. The fourth-order valence-corrected chi connectivity index (χ4v) is 1.29. The topological polar surface area (TPSA) is 50.1 Å². The van der Waals surface area contributed by atoms with Gasteiger partial charge in [0.05, 0.1) is 6.54 Å². The minimum absolute atomic E-state index is 0.606. The minimum atomic E-state index is 0.606. The predicted octanol–water partition coefficient (Wildman–Crippen LogP) is 1.75. The third kappa shape index (κ3) is 4.78. The normalized spacial score (nSPS) is 10.0. The first kappa shape index (κ1) is 12.0. The highest BCUT2D eigenvalue weighted by Crippen LogP contribution is 2.00. The molecule has 2 N–H and O–H groups in total. The van der Waals surface area contributed by atoms with E-state index >= 15 is 0 Å². The van der Waals surface area contributed by atoms with Crippen LogP contribution in [-0.2, 0) is 6.54 Å². The molecule has 0 bridgehead atoms. The van der Waals surface area contributed by atoms with Crippen molar-refractivity contribution in [3.8, 4) is 0 Å². The predicted molar refractivity (Wildman–Crippen MR) is 63.6 cm³/mol. The molecular weight excluding hydrogens is 210 g/mol. The maximum Gasteiger partial charge on any atom is 0.166 e. The van der Waals surface area contributed by atoms with Gasteiger partial charge in [-0.25, -0.2) is 0 Å². The fraction of sp³-hybridized carbons (Fsp3) is 0.600. The first-order chi connectivity index (χ1) is 7.22. The van der Waals surface area contributed by atoms with Crippen LogP contribution >= 0.6 is 12.2 Å². The highest BCUT2D eigenvalue weighted by Gasteiger charge is 2.00. The van der Waals surface area contributed by atoms with E-state index in [1.807, 2.05) is 13.0 Å². The van der Waals surface area contributed by atoms with Crippen LogP contribution in [0.2, 0.25) is 0 Å². The summed E-state index contributed by atoms with van der Waals surface area (Å²) in [5.74, 6) is 0.816. The monoisotopic (exact) mass is 227 g/mol. The van der Waals surface area contributed by atoms with Gasteiger partial charge in [0.25, 0.3) is 0 Å².